The van der Waals surface area contributed by atoms with E-state index in [1.54, 1.807) is 0 Å². The quantitative estimate of drug-likeness (QED) is 0.900. The number of rotatable bonds is 5. The second kappa shape index (κ2) is 7.05. The van der Waals surface area contributed by atoms with E-state index in [1.165, 1.54) is 10.4 Å². The van der Waals surface area contributed by atoms with E-state index in [2.05, 4.69) is 5.32 Å². The molecule has 1 aliphatic heterocycles. The number of sulfonamides is 1. The molecule has 118 valence electrons. The van der Waals surface area contributed by atoms with Crippen LogP contribution >= 0.6 is 11.6 Å². The molecule has 0 aliphatic carbocycles. The summed E-state index contributed by atoms with van der Waals surface area (Å²) >= 11 is 5.91. The van der Waals surface area contributed by atoms with Crippen molar-refractivity contribution in [2.24, 2.45) is 5.92 Å². The van der Waals surface area contributed by atoms with E-state index in [0.29, 0.717) is 19.0 Å². The van der Waals surface area contributed by atoms with Crippen molar-refractivity contribution in [1.82, 2.24) is 9.62 Å². The molecule has 1 heterocycles. The predicted octanol–water partition coefficient (Wildman–Crippen LogP) is 2.49. The molecule has 1 N–H and O–H groups in total. The Labute approximate surface area is 130 Å². The van der Waals surface area contributed by atoms with Crippen LogP contribution in [-0.4, -0.2) is 38.9 Å². The molecular weight excluding hydrogens is 315 g/mol. The van der Waals surface area contributed by atoms with Crippen LogP contribution in [0.3, 0.4) is 0 Å². The van der Waals surface area contributed by atoms with Crippen LogP contribution in [0.2, 0.25) is 5.02 Å². The lowest BCUT2D eigenvalue weighted by Gasteiger charge is -2.31. The average Bonchev–Trinajstić information content (AvgIpc) is 2.48. The van der Waals surface area contributed by atoms with E-state index in [-0.39, 0.29) is 9.92 Å². The van der Waals surface area contributed by atoms with Crippen LogP contribution in [-0.2, 0) is 10.0 Å². The number of piperidine rings is 1. The summed E-state index contributed by atoms with van der Waals surface area (Å²) in [6.07, 6.45) is 1.61. The molecular formula is C14H20ClFN2O2S. The van der Waals surface area contributed by atoms with Crippen molar-refractivity contribution in [3.63, 3.8) is 0 Å². The molecule has 0 bridgehead atoms. The van der Waals surface area contributed by atoms with Crippen LogP contribution in [0.4, 0.5) is 4.39 Å². The lowest BCUT2D eigenvalue weighted by molar-refractivity contribution is 0.268. The molecule has 0 amide bonds. The first kappa shape index (κ1) is 16.7. The highest BCUT2D eigenvalue weighted by Gasteiger charge is 2.30. The Morgan fingerprint density at radius 3 is 2.67 bits per heavy atom. The molecule has 21 heavy (non-hydrogen) atoms. The summed E-state index contributed by atoms with van der Waals surface area (Å²) in [5, 5.41) is 3.34. The highest BCUT2D eigenvalue weighted by Crippen LogP contribution is 2.28. The molecule has 1 aliphatic rings. The first-order valence-electron chi connectivity index (χ1n) is 7.11. The lowest BCUT2D eigenvalue weighted by atomic mass is 9.98. The molecule has 1 fully saturated rings. The number of halogens is 2. The maximum absolute atomic E-state index is 13.3. The molecule has 1 aromatic rings. The van der Waals surface area contributed by atoms with Gasteiger partial charge in [0.1, 0.15) is 10.7 Å². The fourth-order valence-electron chi connectivity index (χ4n) is 2.52. The SMILES string of the molecule is CCNCC1CCN(S(=O)(=O)c2cc(F)ccc2Cl)CC1. The van der Waals surface area contributed by atoms with Gasteiger partial charge in [0.05, 0.1) is 5.02 Å². The van der Waals surface area contributed by atoms with Gasteiger partial charge in [-0.25, -0.2) is 12.8 Å². The molecule has 0 unspecified atom stereocenters. The van der Waals surface area contributed by atoms with Crippen molar-refractivity contribution in [1.29, 1.82) is 0 Å². The van der Waals surface area contributed by atoms with Crippen molar-refractivity contribution < 1.29 is 12.8 Å². The van der Waals surface area contributed by atoms with Gasteiger partial charge in [-0.15, -0.1) is 0 Å². The third-order valence-corrected chi connectivity index (χ3v) is 6.15. The molecule has 0 radical (unpaired) electrons. The van der Waals surface area contributed by atoms with Crippen LogP contribution in [0, 0.1) is 11.7 Å². The Morgan fingerprint density at radius 2 is 2.05 bits per heavy atom. The van der Waals surface area contributed by atoms with E-state index in [9.17, 15) is 12.8 Å². The molecule has 0 atom stereocenters. The normalized spacial score (nSPS) is 18.0. The summed E-state index contributed by atoms with van der Waals surface area (Å²) in [5.74, 6) is -0.112. The van der Waals surface area contributed by atoms with Gasteiger partial charge in [0, 0.05) is 13.1 Å². The number of nitrogens with one attached hydrogen (secondary N) is 1. The van der Waals surface area contributed by atoms with E-state index in [1.807, 2.05) is 6.92 Å². The Balaban J connectivity index is 2.10. The highest BCUT2D eigenvalue weighted by molar-refractivity contribution is 7.89. The summed E-state index contributed by atoms with van der Waals surface area (Å²) in [4.78, 5) is -0.144. The molecule has 1 aromatic carbocycles. The van der Waals surface area contributed by atoms with E-state index in [4.69, 9.17) is 11.6 Å². The van der Waals surface area contributed by atoms with Crippen LogP contribution in [0.5, 0.6) is 0 Å². The number of hydrogen-bond acceptors (Lipinski definition) is 3. The van der Waals surface area contributed by atoms with Gasteiger partial charge in [-0.1, -0.05) is 18.5 Å². The highest BCUT2D eigenvalue weighted by atomic mass is 35.5. The largest absolute Gasteiger partial charge is 0.317 e. The van der Waals surface area contributed by atoms with Crippen LogP contribution in [0.25, 0.3) is 0 Å². The van der Waals surface area contributed by atoms with Gasteiger partial charge in [-0.2, -0.15) is 4.31 Å². The molecule has 2 rings (SSSR count). The molecule has 0 spiro atoms. The van der Waals surface area contributed by atoms with Gasteiger partial charge in [0.2, 0.25) is 10.0 Å². The zero-order chi connectivity index (χ0) is 15.5. The summed E-state index contributed by atoms with van der Waals surface area (Å²) < 4.78 is 39.8. The fraction of sp³-hybridized carbons (Fsp3) is 0.571. The standard InChI is InChI=1S/C14H20ClFN2O2S/c1-2-17-10-11-5-7-18(8-6-11)21(19,20)14-9-12(16)3-4-13(14)15/h3-4,9,11,17H,2,5-8,10H2,1H3. The summed E-state index contributed by atoms with van der Waals surface area (Å²) in [6, 6.07) is 3.42. The molecule has 1 saturated heterocycles. The van der Waals surface area contributed by atoms with Crippen molar-refractivity contribution in [3.05, 3.63) is 29.0 Å². The van der Waals surface area contributed by atoms with Gasteiger partial charge in [0.15, 0.2) is 0 Å². The molecule has 4 nitrogen and oxygen atoms in total. The van der Waals surface area contributed by atoms with Gasteiger partial charge in [0.25, 0.3) is 0 Å². The van der Waals surface area contributed by atoms with Gasteiger partial charge in [-0.05, 0) is 50.0 Å². The van der Waals surface area contributed by atoms with E-state index < -0.39 is 15.8 Å². The van der Waals surface area contributed by atoms with Gasteiger partial charge >= 0.3 is 0 Å². The average molecular weight is 335 g/mol. The topological polar surface area (TPSA) is 49.4 Å². The van der Waals surface area contributed by atoms with E-state index in [0.717, 1.165) is 38.1 Å². The molecule has 0 aromatic heterocycles. The van der Waals surface area contributed by atoms with Crippen molar-refractivity contribution >= 4 is 21.6 Å². The summed E-state index contributed by atoms with van der Waals surface area (Å²) in [6.45, 7) is 4.77. The monoisotopic (exact) mass is 334 g/mol. The second-order valence-corrected chi connectivity index (χ2v) is 7.54. The fourth-order valence-corrected chi connectivity index (χ4v) is 4.47. The minimum atomic E-state index is -3.72. The summed E-state index contributed by atoms with van der Waals surface area (Å²) in [5.41, 5.74) is 0. The maximum atomic E-state index is 13.3. The van der Waals surface area contributed by atoms with Gasteiger partial charge < -0.3 is 5.32 Å². The Kier molecular flexibility index (Phi) is 5.60. The smallest absolute Gasteiger partial charge is 0.244 e. The third-order valence-electron chi connectivity index (χ3n) is 3.77. The number of nitrogens with zero attached hydrogens (tertiary/aromatic N) is 1. The van der Waals surface area contributed by atoms with Crippen molar-refractivity contribution in [2.45, 2.75) is 24.7 Å². The zero-order valence-corrected chi connectivity index (χ0v) is 13.6. The van der Waals surface area contributed by atoms with Crippen LogP contribution in [0.15, 0.2) is 23.1 Å². The first-order chi connectivity index (χ1) is 9.95. The number of benzene rings is 1. The lowest BCUT2D eigenvalue weighted by Crippen LogP contribution is -2.40. The minimum Gasteiger partial charge on any atom is -0.317 e. The second-order valence-electron chi connectivity index (χ2n) is 5.23. The van der Waals surface area contributed by atoms with Crippen molar-refractivity contribution in [2.75, 3.05) is 26.2 Å². The van der Waals surface area contributed by atoms with Crippen molar-refractivity contribution in [3.8, 4) is 0 Å². The van der Waals surface area contributed by atoms with Crippen LogP contribution in [0.1, 0.15) is 19.8 Å². The van der Waals surface area contributed by atoms with Gasteiger partial charge in [-0.3, -0.25) is 0 Å². The third kappa shape index (κ3) is 3.94. The zero-order valence-electron chi connectivity index (χ0n) is 12.0. The molecule has 0 saturated carbocycles. The Hall–Kier alpha value is -0.690. The summed E-state index contributed by atoms with van der Waals surface area (Å²) in [7, 11) is -3.72. The first-order valence-corrected chi connectivity index (χ1v) is 8.93. The Bertz CT molecular complexity index is 587. The number of hydrogen-bond donors (Lipinski definition) is 1. The maximum Gasteiger partial charge on any atom is 0.244 e. The minimum absolute atomic E-state index is 0.0613. The Morgan fingerprint density at radius 1 is 1.38 bits per heavy atom. The molecule has 7 heteroatoms. The van der Waals surface area contributed by atoms with E-state index >= 15 is 0 Å². The predicted molar refractivity (Wildman–Crippen MR) is 81.4 cm³/mol. The van der Waals surface area contributed by atoms with Crippen LogP contribution < -0.4 is 5.32 Å².